The fourth-order valence-electron chi connectivity index (χ4n) is 1.92. The van der Waals surface area contributed by atoms with E-state index >= 15 is 0 Å². The van der Waals surface area contributed by atoms with E-state index in [1.54, 1.807) is 13.2 Å². The maximum Gasteiger partial charge on any atom is 0.224 e. The second-order valence-electron chi connectivity index (χ2n) is 4.59. The third-order valence-corrected chi connectivity index (χ3v) is 2.85. The average Bonchev–Trinajstić information content (AvgIpc) is 2.38. The van der Waals surface area contributed by atoms with Gasteiger partial charge in [0.2, 0.25) is 5.28 Å². The van der Waals surface area contributed by atoms with Crippen molar-refractivity contribution in [2.45, 2.75) is 26.8 Å². The largest absolute Gasteiger partial charge is 0.493 e. The van der Waals surface area contributed by atoms with Crippen LogP contribution in [0.2, 0.25) is 5.28 Å². The molecule has 108 valence electrons. The van der Waals surface area contributed by atoms with Gasteiger partial charge in [-0.3, -0.25) is 0 Å². The Morgan fingerprint density at radius 1 is 1.25 bits per heavy atom. The summed E-state index contributed by atoms with van der Waals surface area (Å²) in [6.45, 7) is 6.56. The minimum Gasteiger partial charge on any atom is -0.493 e. The number of nitrogens with one attached hydrogen (secondary N) is 1. The number of ether oxygens (including phenoxy) is 2. The van der Waals surface area contributed by atoms with Gasteiger partial charge in [-0.2, -0.15) is 0 Å². The van der Waals surface area contributed by atoms with Gasteiger partial charge in [0.05, 0.1) is 19.2 Å². The quantitative estimate of drug-likeness (QED) is 0.856. The van der Waals surface area contributed by atoms with Crippen molar-refractivity contribution in [1.82, 2.24) is 9.97 Å². The Bertz CT molecular complexity index is 617. The molecule has 0 spiro atoms. The summed E-state index contributed by atoms with van der Waals surface area (Å²) in [4.78, 5) is 8.48. The Morgan fingerprint density at radius 3 is 2.60 bits per heavy atom. The molecule has 1 aromatic carbocycles. The predicted molar refractivity (Wildman–Crippen MR) is 81.0 cm³/mol. The van der Waals surface area contributed by atoms with Crippen molar-refractivity contribution < 1.29 is 9.47 Å². The molecule has 2 aromatic rings. The summed E-state index contributed by atoms with van der Waals surface area (Å²) < 4.78 is 10.9. The molecule has 1 N–H and O–H groups in total. The van der Waals surface area contributed by atoms with Crippen LogP contribution in [0.3, 0.4) is 0 Å². The van der Waals surface area contributed by atoms with Crippen LogP contribution in [0.4, 0.5) is 5.82 Å². The van der Waals surface area contributed by atoms with Crippen molar-refractivity contribution in [1.29, 1.82) is 0 Å². The average molecular weight is 296 g/mol. The monoisotopic (exact) mass is 295 g/mol. The summed E-state index contributed by atoms with van der Waals surface area (Å²) in [5, 5.41) is 4.32. The number of hydrogen-bond acceptors (Lipinski definition) is 5. The molecular weight excluding hydrogens is 278 g/mol. The van der Waals surface area contributed by atoms with Crippen molar-refractivity contribution in [2.75, 3.05) is 19.0 Å². The van der Waals surface area contributed by atoms with E-state index in [2.05, 4.69) is 15.3 Å². The fourth-order valence-corrected chi connectivity index (χ4v) is 2.10. The van der Waals surface area contributed by atoms with Crippen LogP contribution in [0, 0.1) is 0 Å². The number of nitrogens with zero attached hydrogens (tertiary/aromatic N) is 2. The summed E-state index contributed by atoms with van der Waals surface area (Å²) in [7, 11) is 1.60. The fraction of sp³-hybridized carbons (Fsp3) is 0.429. The molecule has 20 heavy (non-hydrogen) atoms. The van der Waals surface area contributed by atoms with Gasteiger partial charge in [0.15, 0.2) is 11.5 Å². The maximum absolute atomic E-state index is 5.97. The van der Waals surface area contributed by atoms with Gasteiger partial charge in [0, 0.05) is 17.5 Å². The Morgan fingerprint density at radius 2 is 2.00 bits per heavy atom. The first-order chi connectivity index (χ1) is 9.55. The Balaban J connectivity index is 2.64. The molecule has 1 heterocycles. The van der Waals surface area contributed by atoms with E-state index in [1.807, 2.05) is 26.8 Å². The lowest BCUT2D eigenvalue weighted by atomic mass is 10.2. The first-order valence-corrected chi connectivity index (χ1v) is 6.87. The summed E-state index contributed by atoms with van der Waals surface area (Å²) in [6, 6.07) is 3.92. The van der Waals surface area contributed by atoms with Crippen molar-refractivity contribution in [3.63, 3.8) is 0 Å². The molecule has 0 aliphatic carbocycles. The van der Waals surface area contributed by atoms with Gasteiger partial charge in [-0.25, -0.2) is 9.97 Å². The number of fused-ring (bicyclic) bond motifs is 1. The molecule has 0 amide bonds. The van der Waals surface area contributed by atoms with E-state index in [0.717, 1.165) is 5.39 Å². The molecule has 0 unspecified atom stereocenters. The van der Waals surface area contributed by atoms with Gasteiger partial charge in [-0.05, 0) is 38.4 Å². The van der Waals surface area contributed by atoms with E-state index in [1.165, 1.54) is 0 Å². The molecule has 0 saturated carbocycles. The van der Waals surface area contributed by atoms with E-state index in [-0.39, 0.29) is 11.3 Å². The number of halogens is 1. The second kappa shape index (κ2) is 6.13. The zero-order valence-electron chi connectivity index (χ0n) is 12.0. The van der Waals surface area contributed by atoms with Gasteiger partial charge < -0.3 is 14.8 Å². The van der Waals surface area contributed by atoms with Crippen molar-refractivity contribution in [2.24, 2.45) is 0 Å². The van der Waals surface area contributed by atoms with E-state index in [0.29, 0.717) is 29.4 Å². The highest BCUT2D eigenvalue weighted by atomic mass is 35.5. The molecule has 0 bridgehead atoms. The SMILES string of the molecule is CCOc1cc2c(NC(C)C)nc(Cl)nc2cc1OC. The van der Waals surface area contributed by atoms with E-state index < -0.39 is 0 Å². The maximum atomic E-state index is 5.97. The topological polar surface area (TPSA) is 56.3 Å². The first kappa shape index (κ1) is 14.7. The molecule has 0 saturated heterocycles. The highest BCUT2D eigenvalue weighted by molar-refractivity contribution is 6.28. The second-order valence-corrected chi connectivity index (χ2v) is 4.93. The highest BCUT2D eigenvalue weighted by Crippen LogP contribution is 2.34. The van der Waals surface area contributed by atoms with Gasteiger partial charge in [-0.15, -0.1) is 0 Å². The molecule has 5 nitrogen and oxygen atoms in total. The van der Waals surface area contributed by atoms with Crippen LogP contribution in [-0.2, 0) is 0 Å². The third-order valence-electron chi connectivity index (χ3n) is 2.68. The van der Waals surface area contributed by atoms with Crippen molar-refractivity contribution in [3.8, 4) is 11.5 Å². The van der Waals surface area contributed by atoms with Crippen molar-refractivity contribution in [3.05, 3.63) is 17.4 Å². The number of benzene rings is 1. The molecule has 2 rings (SSSR count). The number of hydrogen-bond donors (Lipinski definition) is 1. The molecule has 0 aliphatic rings. The third kappa shape index (κ3) is 3.04. The molecule has 0 radical (unpaired) electrons. The van der Waals surface area contributed by atoms with Crippen LogP contribution in [0.15, 0.2) is 12.1 Å². The van der Waals surface area contributed by atoms with Crippen LogP contribution in [0.5, 0.6) is 11.5 Å². The minimum absolute atomic E-state index is 0.201. The summed E-state index contributed by atoms with van der Waals surface area (Å²) >= 11 is 5.97. The zero-order valence-corrected chi connectivity index (χ0v) is 12.8. The van der Waals surface area contributed by atoms with E-state index in [4.69, 9.17) is 21.1 Å². The normalized spacial score (nSPS) is 10.9. The smallest absolute Gasteiger partial charge is 0.224 e. The molecule has 6 heteroatoms. The van der Waals surface area contributed by atoms with Crippen molar-refractivity contribution >= 4 is 28.3 Å². The molecule has 0 atom stereocenters. The highest BCUT2D eigenvalue weighted by Gasteiger charge is 2.13. The zero-order chi connectivity index (χ0) is 14.7. The lowest BCUT2D eigenvalue weighted by molar-refractivity contribution is 0.311. The number of methoxy groups -OCH3 is 1. The molecule has 1 aromatic heterocycles. The Hall–Kier alpha value is -1.75. The van der Waals surface area contributed by atoms with Crippen LogP contribution in [0.1, 0.15) is 20.8 Å². The number of anilines is 1. The number of aromatic nitrogens is 2. The van der Waals surface area contributed by atoms with Crippen LogP contribution < -0.4 is 14.8 Å². The summed E-state index contributed by atoms with van der Waals surface area (Å²) in [5.41, 5.74) is 0.716. The number of rotatable bonds is 5. The molecular formula is C14H18ClN3O2. The molecule has 0 aliphatic heterocycles. The summed E-state index contributed by atoms with van der Waals surface area (Å²) in [6.07, 6.45) is 0. The van der Waals surface area contributed by atoms with E-state index in [9.17, 15) is 0 Å². The van der Waals surface area contributed by atoms with Crippen LogP contribution >= 0.6 is 11.6 Å². The van der Waals surface area contributed by atoms with Gasteiger partial charge in [0.25, 0.3) is 0 Å². The lowest BCUT2D eigenvalue weighted by Crippen LogP contribution is -2.12. The van der Waals surface area contributed by atoms with Crippen LogP contribution in [-0.4, -0.2) is 29.7 Å². The predicted octanol–water partition coefficient (Wildman–Crippen LogP) is 3.51. The van der Waals surface area contributed by atoms with Gasteiger partial charge in [-0.1, -0.05) is 0 Å². The first-order valence-electron chi connectivity index (χ1n) is 6.49. The summed E-state index contributed by atoms with van der Waals surface area (Å²) in [5.74, 6) is 1.99. The standard InChI is InChI=1S/C14H18ClN3O2/c1-5-20-12-6-9-10(7-11(12)19-4)17-14(15)18-13(9)16-8(2)3/h6-8H,5H2,1-4H3,(H,16,17,18). The lowest BCUT2D eigenvalue weighted by Gasteiger charge is -2.14. The molecule has 0 fully saturated rings. The Kier molecular flexibility index (Phi) is 4.49. The Labute approximate surface area is 123 Å². The van der Waals surface area contributed by atoms with Gasteiger partial charge >= 0.3 is 0 Å². The minimum atomic E-state index is 0.201. The van der Waals surface area contributed by atoms with Crippen LogP contribution in [0.25, 0.3) is 10.9 Å². The van der Waals surface area contributed by atoms with Gasteiger partial charge in [0.1, 0.15) is 5.82 Å².